The quantitative estimate of drug-likeness (QED) is 0.415. The molecule has 0 fully saturated rings. The Bertz CT molecular complexity index is 1230. The number of H-pyrrole nitrogens is 1. The van der Waals surface area contributed by atoms with Gasteiger partial charge in [-0.3, -0.25) is 4.79 Å². The number of aromatic amines is 1. The number of hydrogen-bond donors (Lipinski definition) is 1. The molecule has 154 valence electrons. The molecule has 0 saturated heterocycles. The minimum atomic E-state index is -4.42. The molecule has 0 bridgehead atoms. The van der Waals surface area contributed by atoms with Crippen LogP contribution in [0.2, 0.25) is 0 Å². The maximum atomic E-state index is 12.6. The standard InChI is InChI=1S/C20H14F3N3O2S2/c1-28-13-5-2-11(3-6-13)15-8-14-18(30-15)19(27)26-16(25-14)10-29-17-7-4-12(9-24-17)20(21,22)23/h2-9H,10H2,1H3,(H,25,26,27). The number of fused-ring (bicyclic) bond motifs is 1. The van der Waals surface area contributed by atoms with Gasteiger partial charge in [-0.05, 0) is 48.0 Å². The van der Waals surface area contributed by atoms with Crippen LogP contribution in [0.1, 0.15) is 11.4 Å². The normalized spacial score (nSPS) is 11.7. The van der Waals surface area contributed by atoms with E-state index in [4.69, 9.17) is 4.74 Å². The predicted octanol–water partition coefficient (Wildman–Crippen LogP) is 5.37. The molecule has 0 aliphatic carbocycles. The largest absolute Gasteiger partial charge is 0.497 e. The van der Waals surface area contributed by atoms with Crippen LogP contribution in [0, 0.1) is 0 Å². The monoisotopic (exact) mass is 449 g/mol. The summed E-state index contributed by atoms with van der Waals surface area (Å²) in [5, 5.41) is 0.412. The third-order valence-corrected chi connectivity index (χ3v) is 6.35. The van der Waals surface area contributed by atoms with Crippen LogP contribution in [0.3, 0.4) is 0 Å². The lowest BCUT2D eigenvalue weighted by molar-refractivity contribution is -0.137. The Balaban J connectivity index is 1.54. The molecule has 0 aliphatic heterocycles. The molecule has 5 nitrogen and oxygen atoms in total. The smallest absolute Gasteiger partial charge is 0.417 e. The van der Waals surface area contributed by atoms with Gasteiger partial charge in [0.2, 0.25) is 0 Å². The molecule has 3 aromatic heterocycles. The van der Waals surface area contributed by atoms with Gasteiger partial charge in [-0.25, -0.2) is 9.97 Å². The van der Waals surface area contributed by atoms with Gasteiger partial charge in [-0.1, -0.05) is 11.8 Å². The number of hydrogen-bond acceptors (Lipinski definition) is 6. The summed E-state index contributed by atoms with van der Waals surface area (Å²) in [5.41, 5.74) is 0.471. The Hall–Kier alpha value is -2.85. The first-order valence-electron chi connectivity index (χ1n) is 8.67. The number of halogens is 3. The molecule has 0 atom stereocenters. The predicted molar refractivity (Wildman–Crippen MR) is 111 cm³/mol. The molecule has 0 saturated carbocycles. The highest BCUT2D eigenvalue weighted by Crippen LogP contribution is 2.33. The minimum absolute atomic E-state index is 0.249. The van der Waals surface area contributed by atoms with Crippen LogP contribution in [0.15, 0.2) is 58.5 Å². The number of thioether (sulfide) groups is 1. The Morgan fingerprint density at radius 2 is 1.93 bits per heavy atom. The first-order valence-corrected chi connectivity index (χ1v) is 10.5. The number of alkyl halides is 3. The van der Waals surface area contributed by atoms with Crippen LogP contribution in [0.5, 0.6) is 5.75 Å². The fraction of sp³-hybridized carbons (Fsp3) is 0.150. The molecule has 4 rings (SSSR count). The van der Waals surface area contributed by atoms with Gasteiger partial charge in [0, 0.05) is 11.1 Å². The second-order valence-corrected chi connectivity index (χ2v) is 8.29. The zero-order valence-corrected chi connectivity index (χ0v) is 17.1. The van der Waals surface area contributed by atoms with Gasteiger partial charge in [-0.15, -0.1) is 11.3 Å². The second kappa shape index (κ2) is 8.11. The highest BCUT2D eigenvalue weighted by atomic mass is 32.2. The van der Waals surface area contributed by atoms with E-state index >= 15 is 0 Å². The van der Waals surface area contributed by atoms with Gasteiger partial charge in [0.15, 0.2) is 0 Å². The van der Waals surface area contributed by atoms with Crippen molar-refractivity contribution in [3.8, 4) is 16.2 Å². The average molecular weight is 449 g/mol. The number of thiophene rings is 1. The fourth-order valence-corrected chi connectivity index (χ4v) is 4.44. The molecule has 0 unspecified atom stereocenters. The summed E-state index contributed by atoms with van der Waals surface area (Å²) in [5.74, 6) is 1.45. The number of ether oxygens (including phenoxy) is 1. The van der Waals surface area contributed by atoms with Crippen molar-refractivity contribution >= 4 is 33.3 Å². The summed E-state index contributed by atoms with van der Waals surface area (Å²) >= 11 is 2.54. The van der Waals surface area contributed by atoms with Crippen LogP contribution in [-0.2, 0) is 11.9 Å². The van der Waals surface area contributed by atoms with E-state index in [2.05, 4.69) is 15.0 Å². The van der Waals surface area contributed by atoms with Crippen molar-refractivity contribution in [1.82, 2.24) is 15.0 Å². The summed E-state index contributed by atoms with van der Waals surface area (Å²) in [4.78, 5) is 24.4. The minimum Gasteiger partial charge on any atom is -0.497 e. The number of aromatic nitrogens is 3. The zero-order valence-electron chi connectivity index (χ0n) is 15.5. The van der Waals surface area contributed by atoms with Crippen molar-refractivity contribution in [3.63, 3.8) is 0 Å². The van der Waals surface area contributed by atoms with Crippen LogP contribution < -0.4 is 10.3 Å². The molecule has 0 spiro atoms. The van der Waals surface area contributed by atoms with E-state index in [1.807, 2.05) is 30.3 Å². The average Bonchev–Trinajstić information content (AvgIpc) is 3.17. The van der Waals surface area contributed by atoms with Crippen LogP contribution in [-0.4, -0.2) is 22.1 Å². The van der Waals surface area contributed by atoms with Gasteiger partial charge >= 0.3 is 6.18 Å². The molecule has 0 aliphatic rings. The van der Waals surface area contributed by atoms with E-state index in [-0.39, 0.29) is 11.3 Å². The Morgan fingerprint density at radius 1 is 1.17 bits per heavy atom. The van der Waals surface area contributed by atoms with Crippen molar-refractivity contribution in [2.45, 2.75) is 17.0 Å². The topological polar surface area (TPSA) is 67.9 Å². The number of nitrogens with one attached hydrogen (secondary N) is 1. The lowest BCUT2D eigenvalue weighted by atomic mass is 10.2. The van der Waals surface area contributed by atoms with E-state index in [0.717, 1.165) is 28.5 Å². The molecule has 1 aromatic carbocycles. The Kier molecular flexibility index (Phi) is 5.52. The third-order valence-electron chi connectivity index (χ3n) is 4.23. The summed E-state index contributed by atoms with van der Waals surface area (Å²) in [6, 6.07) is 11.6. The van der Waals surface area contributed by atoms with E-state index in [9.17, 15) is 18.0 Å². The van der Waals surface area contributed by atoms with E-state index in [0.29, 0.717) is 21.1 Å². The lowest BCUT2D eigenvalue weighted by Gasteiger charge is -2.06. The summed E-state index contributed by atoms with van der Waals surface area (Å²) in [6.07, 6.45) is -3.63. The van der Waals surface area contributed by atoms with Crippen molar-refractivity contribution in [2.75, 3.05) is 7.11 Å². The molecule has 1 N–H and O–H groups in total. The number of pyridine rings is 1. The summed E-state index contributed by atoms with van der Waals surface area (Å²) < 4.78 is 43.5. The molecule has 3 heterocycles. The van der Waals surface area contributed by atoms with Crippen molar-refractivity contribution in [3.05, 3.63) is 70.4 Å². The number of nitrogens with zero attached hydrogens (tertiary/aromatic N) is 2. The zero-order chi connectivity index (χ0) is 21.3. The lowest BCUT2D eigenvalue weighted by Crippen LogP contribution is -2.09. The van der Waals surface area contributed by atoms with Gasteiger partial charge in [0.1, 0.15) is 16.3 Å². The van der Waals surface area contributed by atoms with Gasteiger partial charge in [-0.2, -0.15) is 13.2 Å². The molecule has 0 radical (unpaired) electrons. The SMILES string of the molecule is COc1ccc(-c2cc3nc(CSc4ccc(C(F)(F)F)cn4)[nH]c(=O)c3s2)cc1. The third kappa shape index (κ3) is 4.34. The van der Waals surface area contributed by atoms with E-state index in [1.165, 1.54) is 29.2 Å². The number of rotatable bonds is 5. The molecular formula is C20H14F3N3O2S2. The molecule has 0 amide bonds. The number of benzene rings is 1. The van der Waals surface area contributed by atoms with Crippen LogP contribution in [0.25, 0.3) is 20.7 Å². The van der Waals surface area contributed by atoms with Gasteiger partial charge in [0.25, 0.3) is 5.56 Å². The van der Waals surface area contributed by atoms with Crippen LogP contribution in [0.4, 0.5) is 13.2 Å². The van der Waals surface area contributed by atoms with Crippen LogP contribution >= 0.6 is 23.1 Å². The first kappa shape index (κ1) is 20.4. The summed E-state index contributed by atoms with van der Waals surface area (Å²) in [7, 11) is 1.59. The van der Waals surface area contributed by atoms with Crippen molar-refractivity contribution in [1.29, 1.82) is 0 Å². The van der Waals surface area contributed by atoms with E-state index in [1.54, 1.807) is 7.11 Å². The summed E-state index contributed by atoms with van der Waals surface area (Å²) in [6.45, 7) is 0. The highest BCUT2D eigenvalue weighted by Gasteiger charge is 2.30. The number of methoxy groups -OCH3 is 1. The Labute approximate surface area is 177 Å². The fourth-order valence-electron chi connectivity index (χ4n) is 2.73. The van der Waals surface area contributed by atoms with Crippen molar-refractivity contribution in [2.24, 2.45) is 0 Å². The first-order chi connectivity index (χ1) is 14.3. The molecule has 30 heavy (non-hydrogen) atoms. The highest BCUT2D eigenvalue weighted by molar-refractivity contribution is 7.98. The van der Waals surface area contributed by atoms with E-state index < -0.39 is 11.7 Å². The second-order valence-electron chi connectivity index (χ2n) is 6.24. The molecule has 10 heteroatoms. The Morgan fingerprint density at radius 3 is 2.57 bits per heavy atom. The van der Waals surface area contributed by atoms with Gasteiger partial charge in [0.05, 0.1) is 29.0 Å². The maximum Gasteiger partial charge on any atom is 0.417 e. The molecular weight excluding hydrogens is 435 g/mol. The molecule has 4 aromatic rings. The maximum absolute atomic E-state index is 12.6. The van der Waals surface area contributed by atoms with Gasteiger partial charge < -0.3 is 9.72 Å². The van der Waals surface area contributed by atoms with Crippen molar-refractivity contribution < 1.29 is 17.9 Å².